The fourth-order valence-corrected chi connectivity index (χ4v) is 3.68. The standard InChI is InChI=1S/C14H14BrN3O2/c15-9-6-20-13-5-17-12(3-8(9)13)14(19)18-11-2-7-1-10(11)16-4-7/h3,5-7,10-11,16H,1-2,4H2,(H,18,19). The van der Waals surface area contributed by atoms with E-state index in [0.717, 1.165) is 22.8 Å². The normalized spacial score (nSPS) is 28.1. The van der Waals surface area contributed by atoms with Crippen LogP contribution in [0.15, 0.2) is 27.4 Å². The molecule has 2 aromatic rings. The summed E-state index contributed by atoms with van der Waals surface area (Å²) in [7, 11) is 0. The first-order chi connectivity index (χ1) is 9.70. The topological polar surface area (TPSA) is 67.2 Å². The van der Waals surface area contributed by atoms with Gasteiger partial charge in [-0.3, -0.25) is 4.79 Å². The Balaban J connectivity index is 1.56. The van der Waals surface area contributed by atoms with E-state index < -0.39 is 0 Å². The van der Waals surface area contributed by atoms with Crippen molar-refractivity contribution >= 4 is 32.8 Å². The molecule has 0 radical (unpaired) electrons. The summed E-state index contributed by atoms with van der Waals surface area (Å²) >= 11 is 3.40. The summed E-state index contributed by atoms with van der Waals surface area (Å²) in [5, 5.41) is 7.40. The number of aromatic nitrogens is 1. The van der Waals surface area contributed by atoms with E-state index in [4.69, 9.17) is 4.42 Å². The Morgan fingerprint density at radius 3 is 3.15 bits per heavy atom. The van der Waals surface area contributed by atoms with Crippen molar-refractivity contribution in [3.8, 4) is 0 Å². The van der Waals surface area contributed by atoms with Crippen molar-refractivity contribution in [1.82, 2.24) is 15.6 Å². The zero-order valence-corrected chi connectivity index (χ0v) is 12.3. The minimum Gasteiger partial charge on any atom is -0.461 e. The van der Waals surface area contributed by atoms with Gasteiger partial charge in [0.05, 0.1) is 10.7 Å². The highest BCUT2D eigenvalue weighted by Crippen LogP contribution is 2.31. The molecule has 5 nitrogen and oxygen atoms in total. The molecule has 2 aromatic heterocycles. The van der Waals surface area contributed by atoms with Gasteiger partial charge in [-0.1, -0.05) is 0 Å². The maximum absolute atomic E-state index is 12.3. The molecule has 3 atom stereocenters. The lowest BCUT2D eigenvalue weighted by molar-refractivity contribution is 0.0923. The molecule has 104 valence electrons. The third-order valence-corrected chi connectivity index (χ3v) is 4.91. The Labute approximate surface area is 124 Å². The number of fused-ring (bicyclic) bond motifs is 3. The molecule has 4 rings (SSSR count). The molecular formula is C14H14BrN3O2. The molecule has 0 aromatic carbocycles. The zero-order chi connectivity index (χ0) is 13.7. The summed E-state index contributed by atoms with van der Waals surface area (Å²) in [5.74, 6) is 0.600. The van der Waals surface area contributed by atoms with Gasteiger partial charge < -0.3 is 15.1 Å². The average molecular weight is 336 g/mol. The van der Waals surface area contributed by atoms with Gasteiger partial charge in [-0.15, -0.1) is 0 Å². The van der Waals surface area contributed by atoms with Crippen LogP contribution in [0.4, 0.5) is 0 Å². The fraction of sp³-hybridized carbons (Fsp3) is 0.429. The van der Waals surface area contributed by atoms with Crippen LogP contribution in [0.3, 0.4) is 0 Å². The largest absolute Gasteiger partial charge is 0.461 e. The molecule has 2 N–H and O–H groups in total. The predicted octanol–water partition coefficient (Wildman–Crippen LogP) is 2.07. The first-order valence-electron chi connectivity index (χ1n) is 6.77. The van der Waals surface area contributed by atoms with Gasteiger partial charge >= 0.3 is 0 Å². The molecular weight excluding hydrogens is 322 g/mol. The molecule has 3 unspecified atom stereocenters. The highest BCUT2D eigenvalue weighted by Gasteiger charge is 2.40. The molecule has 20 heavy (non-hydrogen) atoms. The molecule has 2 aliphatic rings. The minimum absolute atomic E-state index is 0.112. The summed E-state index contributed by atoms with van der Waals surface area (Å²) in [6, 6.07) is 2.42. The number of furan rings is 1. The van der Waals surface area contributed by atoms with Crippen LogP contribution in [-0.2, 0) is 0 Å². The van der Waals surface area contributed by atoms with Crippen molar-refractivity contribution in [3.05, 3.63) is 28.7 Å². The third-order valence-electron chi connectivity index (χ3n) is 4.29. The highest BCUT2D eigenvalue weighted by atomic mass is 79.9. The van der Waals surface area contributed by atoms with Gasteiger partial charge in [-0.05, 0) is 47.3 Å². The van der Waals surface area contributed by atoms with Crippen LogP contribution in [0.25, 0.3) is 11.0 Å². The van der Waals surface area contributed by atoms with Crippen molar-refractivity contribution < 1.29 is 9.21 Å². The molecule has 1 aliphatic heterocycles. The maximum Gasteiger partial charge on any atom is 0.270 e. The van der Waals surface area contributed by atoms with Crippen molar-refractivity contribution in [2.75, 3.05) is 6.54 Å². The van der Waals surface area contributed by atoms with Crippen LogP contribution in [0.2, 0.25) is 0 Å². The van der Waals surface area contributed by atoms with E-state index in [0.29, 0.717) is 23.2 Å². The van der Waals surface area contributed by atoms with Crippen LogP contribution in [-0.4, -0.2) is 29.5 Å². The van der Waals surface area contributed by atoms with Gasteiger partial charge in [0.2, 0.25) is 0 Å². The monoisotopic (exact) mass is 335 g/mol. The number of pyridine rings is 1. The molecule has 1 aliphatic carbocycles. The summed E-state index contributed by atoms with van der Waals surface area (Å²) in [4.78, 5) is 16.5. The molecule has 0 spiro atoms. The second-order valence-corrected chi connectivity index (χ2v) is 6.44. The summed E-state index contributed by atoms with van der Waals surface area (Å²) in [5.41, 5.74) is 1.11. The van der Waals surface area contributed by atoms with E-state index in [2.05, 4.69) is 31.5 Å². The van der Waals surface area contributed by atoms with Gasteiger partial charge in [-0.2, -0.15) is 0 Å². The number of carbonyl (C=O) groups is 1. The van der Waals surface area contributed by atoms with Crippen LogP contribution in [0.5, 0.6) is 0 Å². The Morgan fingerprint density at radius 1 is 1.50 bits per heavy atom. The SMILES string of the molecule is O=C(NC1CC2CNC1C2)c1cc2c(Br)coc2cn1. The molecule has 3 heterocycles. The van der Waals surface area contributed by atoms with Gasteiger partial charge in [0.1, 0.15) is 12.0 Å². The smallest absolute Gasteiger partial charge is 0.270 e. The lowest BCUT2D eigenvalue weighted by Crippen LogP contribution is -2.48. The first-order valence-corrected chi connectivity index (χ1v) is 7.57. The second kappa shape index (κ2) is 4.56. The van der Waals surface area contributed by atoms with Crippen LogP contribution in [0, 0.1) is 5.92 Å². The number of piperidine rings is 1. The summed E-state index contributed by atoms with van der Waals surface area (Å²) in [6.07, 6.45) is 5.44. The predicted molar refractivity (Wildman–Crippen MR) is 77.5 cm³/mol. The van der Waals surface area contributed by atoms with Crippen molar-refractivity contribution in [2.24, 2.45) is 5.92 Å². The quantitative estimate of drug-likeness (QED) is 0.881. The molecule has 1 saturated carbocycles. The van der Waals surface area contributed by atoms with E-state index in [9.17, 15) is 4.79 Å². The Hall–Kier alpha value is -1.40. The molecule has 2 fully saturated rings. The van der Waals surface area contributed by atoms with Crippen molar-refractivity contribution in [1.29, 1.82) is 0 Å². The van der Waals surface area contributed by atoms with Crippen molar-refractivity contribution in [3.63, 3.8) is 0 Å². The average Bonchev–Trinajstić information content (AvgIpc) is 3.15. The minimum atomic E-state index is -0.112. The number of halogens is 1. The van der Waals surface area contributed by atoms with Crippen molar-refractivity contribution in [2.45, 2.75) is 24.9 Å². The van der Waals surface area contributed by atoms with E-state index >= 15 is 0 Å². The molecule has 1 amide bonds. The summed E-state index contributed by atoms with van der Waals surface area (Å²) < 4.78 is 6.14. The number of amides is 1. The number of carbonyl (C=O) groups excluding carboxylic acids is 1. The molecule has 2 bridgehead atoms. The highest BCUT2D eigenvalue weighted by molar-refractivity contribution is 9.10. The van der Waals surface area contributed by atoms with Gasteiger partial charge in [-0.25, -0.2) is 4.98 Å². The van der Waals surface area contributed by atoms with Gasteiger partial charge in [0.25, 0.3) is 5.91 Å². The number of hydrogen-bond acceptors (Lipinski definition) is 4. The maximum atomic E-state index is 12.3. The summed E-state index contributed by atoms with van der Waals surface area (Å²) in [6.45, 7) is 1.09. The fourth-order valence-electron chi connectivity index (χ4n) is 3.28. The van der Waals surface area contributed by atoms with Crippen LogP contribution < -0.4 is 10.6 Å². The Morgan fingerprint density at radius 2 is 2.40 bits per heavy atom. The Bertz CT molecular complexity index is 684. The lowest BCUT2D eigenvalue weighted by Gasteiger charge is -2.23. The van der Waals surface area contributed by atoms with E-state index in [-0.39, 0.29) is 11.9 Å². The number of nitrogens with zero attached hydrogens (tertiary/aromatic N) is 1. The van der Waals surface area contributed by atoms with E-state index in [1.807, 2.05) is 0 Å². The van der Waals surface area contributed by atoms with Gasteiger partial charge in [0.15, 0.2) is 5.58 Å². The number of hydrogen-bond donors (Lipinski definition) is 2. The lowest BCUT2D eigenvalue weighted by atomic mass is 10.1. The van der Waals surface area contributed by atoms with E-state index in [1.165, 1.54) is 6.42 Å². The molecule has 6 heteroatoms. The zero-order valence-electron chi connectivity index (χ0n) is 10.7. The Kier molecular flexibility index (Phi) is 2.82. The first kappa shape index (κ1) is 12.3. The number of nitrogens with one attached hydrogen (secondary N) is 2. The number of rotatable bonds is 2. The second-order valence-electron chi connectivity index (χ2n) is 5.58. The van der Waals surface area contributed by atoms with Crippen LogP contribution in [0.1, 0.15) is 23.3 Å². The van der Waals surface area contributed by atoms with E-state index in [1.54, 1.807) is 18.5 Å². The van der Waals surface area contributed by atoms with Crippen LogP contribution >= 0.6 is 15.9 Å². The third kappa shape index (κ3) is 1.94. The molecule has 1 saturated heterocycles. The van der Waals surface area contributed by atoms with Gasteiger partial charge in [0, 0.05) is 17.5 Å².